The first-order chi connectivity index (χ1) is 22.4. The van der Waals surface area contributed by atoms with E-state index >= 15 is 0 Å². The zero-order valence-electron chi connectivity index (χ0n) is 25.2. The summed E-state index contributed by atoms with van der Waals surface area (Å²) < 4.78 is 17.3. The van der Waals surface area contributed by atoms with Gasteiger partial charge in [0.05, 0.1) is 32.9 Å². The first kappa shape index (κ1) is 30.9. The number of benzene rings is 4. The van der Waals surface area contributed by atoms with Crippen LogP contribution in [-0.2, 0) is 15.3 Å². The van der Waals surface area contributed by atoms with Crippen LogP contribution in [0.3, 0.4) is 0 Å². The summed E-state index contributed by atoms with van der Waals surface area (Å²) in [5, 5.41) is 22.4. The molecule has 0 fully saturated rings. The van der Waals surface area contributed by atoms with Crippen molar-refractivity contribution in [3.05, 3.63) is 119 Å². The molecule has 1 unspecified atom stereocenters. The van der Waals surface area contributed by atoms with Crippen LogP contribution in [0.5, 0.6) is 17.2 Å². The number of aliphatic hydroxyl groups is 1. The number of carbonyl (C=O) groups is 2. The van der Waals surface area contributed by atoms with Crippen LogP contribution >= 0.6 is 23.1 Å². The molecule has 4 aromatic carbocycles. The molecule has 1 atom stereocenters. The summed E-state index contributed by atoms with van der Waals surface area (Å²) in [5.74, 6) is -0.336. The summed E-state index contributed by atoms with van der Waals surface area (Å²) in [4.78, 5) is 28.8. The Balaban J connectivity index is 1.38. The van der Waals surface area contributed by atoms with Crippen molar-refractivity contribution in [1.82, 2.24) is 10.2 Å². The van der Waals surface area contributed by atoms with Gasteiger partial charge in [0, 0.05) is 5.75 Å². The maximum atomic E-state index is 13.7. The van der Waals surface area contributed by atoms with Gasteiger partial charge in [-0.05, 0) is 45.7 Å². The van der Waals surface area contributed by atoms with Crippen molar-refractivity contribution in [2.45, 2.75) is 16.1 Å². The molecule has 6 rings (SSSR count). The number of methoxy groups -OCH3 is 3. The summed E-state index contributed by atoms with van der Waals surface area (Å²) in [6.07, 6.45) is 2.98. The standard InChI is InChI=1S/C35H29N3O6S2/c1-42-27-18-24(19-28(43-2)32(27)44-3)30-29(26(39)17-16-21-10-5-4-6-11-21)31(40)33(41)38(30)34-36-37-35(46-34)45-20-23-14-9-13-22-12-7-8-15-25(22)23/h4-19,30,40H,20H2,1-3H3. The SMILES string of the molecule is COc1cc(C2C(C(=O)C=Cc3ccccc3)=C(O)C(=O)N2c2nnc(SCc3cccc4ccccc34)s2)cc(OC)c1OC. The highest BCUT2D eigenvalue weighted by Crippen LogP contribution is 2.47. The highest BCUT2D eigenvalue weighted by atomic mass is 32.2. The van der Waals surface area contributed by atoms with Gasteiger partial charge in [-0.15, -0.1) is 10.2 Å². The Morgan fingerprint density at radius 2 is 1.63 bits per heavy atom. The van der Waals surface area contributed by atoms with Crippen molar-refractivity contribution >= 4 is 56.8 Å². The minimum absolute atomic E-state index is 0.105. The Hall–Kier alpha value is -5.13. The number of aromatic nitrogens is 2. The number of ketones is 1. The maximum absolute atomic E-state index is 13.7. The van der Waals surface area contributed by atoms with Crippen molar-refractivity contribution in [3.8, 4) is 17.2 Å². The van der Waals surface area contributed by atoms with Crippen molar-refractivity contribution in [2.75, 3.05) is 26.2 Å². The van der Waals surface area contributed by atoms with Crippen molar-refractivity contribution in [1.29, 1.82) is 0 Å². The van der Waals surface area contributed by atoms with Crippen LogP contribution in [-0.4, -0.2) is 48.3 Å². The van der Waals surface area contributed by atoms with Gasteiger partial charge >= 0.3 is 0 Å². The van der Waals surface area contributed by atoms with E-state index in [4.69, 9.17) is 14.2 Å². The number of allylic oxidation sites excluding steroid dienone is 1. The average Bonchev–Trinajstić information content (AvgIpc) is 3.67. The van der Waals surface area contributed by atoms with Crippen LogP contribution in [0.25, 0.3) is 16.8 Å². The third-order valence-corrected chi connectivity index (χ3v) is 9.64. The van der Waals surface area contributed by atoms with E-state index in [0.29, 0.717) is 32.9 Å². The second kappa shape index (κ2) is 13.5. The number of thioether (sulfide) groups is 1. The number of carbonyl (C=O) groups excluding carboxylic acids is 2. The lowest BCUT2D eigenvalue weighted by Crippen LogP contribution is -2.31. The van der Waals surface area contributed by atoms with E-state index < -0.39 is 23.5 Å². The van der Waals surface area contributed by atoms with E-state index in [1.54, 1.807) is 18.2 Å². The molecule has 1 aromatic heterocycles. The molecule has 0 spiro atoms. The topological polar surface area (TPSA) is 111 Å². The molecule has 2 heterocycles. The molecule has 0 saturated carbocycles. The Kier molecular flexibility index (Phi) is 9.04. The monoisotopic (exact) mass is 651 g/mol. The number of nitrogens with zero attached hydrogens (tertiary/aromatic N) is 3. The largest absolute Gasteiger partial charge is 0.503 e. The predicted molar refractivity (Wildman–Crippen MR) is 180 cm³/mol. The molecule has 11 heteroatoms. The Bertz CT molecular complexity index is 1960. The molecule has 9 nitrogen and oxygen atoms in total. The van der Waals surface area contributed by atoms with E-state index in [2.05, 4.69) is 34.5 Å². The molecular formula is C35H29N3O6S2. The molecule has 0 bridgehead atoms. The Morgan fingerprint density at radius 3 is 2.35 bits per heavy atom. The predicted octanol–water partition coefficient (Wildman–Crippen LogP) is 7.19. The molecule has 1 aliphatic heterocycles. The van der Waals surface area contributed by atoms with Crippen LogP contribution < -0.4 is 19.1 Å². The summed E-state index contributed by atoms with van der Waals surface area (Å²) in [6.45, 7) is 0. The minimum Gasteiger partial charge on any atom is -0.503 e. The second-order valence-electron chi connectivity index (χ2n) is 10.2. The quantitative estimate of drug-likeness (QED) is 0.0901. The number of hydrogen-bond donors (Lipinski definition) is 1. The molecule has 1 N–H and O–H groups in total. The van der Waals surface area contributed by atoms with Gasteiger partial charge in [-0.3, -0.25) is 14.5 Å². The number of anilines is 1. The fraction of sp³-hybridized carbons (Fsp3) is 0.143. The number of ether oxygens (including phenoxy) is 3. The van der Waals surface area contributed by atoms with E-state index in [9.17, 15) is 14.7 Å². The van der Waals surface area contributed by atoms with Crippen molar-refractivity contribution in [3.63, 3.8) is 0 Å². The Morgan fingerprint density at radius 1 is 0.935 bits per heavy atom. The van der Waals surface area contributed by atoms with Gasteiger partial charge in [0.15, 0.2) is 27.4 Å². The average molecular weight is 652 g/mol. The third-order valence-electron chi connectivity index (χ3n) is 7.54. The number of amides is 1. The first-order valence-corrected chi connectivity index (χ1v) is 16.0. The smallest absolute Gasteiger partial charge is 0.296 e. The normalized spacial score (nSPS) is 14.8. The van der Waals surface area contributed by atoms with Gasteiger partial charge in [0.1, 0.15) is 0 Å². The summed E-state index contributed by atoms with van der Waals surface area (Å²) in [5.41, 5.74) is 2.28. The fourth-order valence-electron chi connectivity index (χ4n) is 5.37. The van der Waals surface area contributed by atoms with E-state index in [1.807, 2.05) is 48.5 Å². The van der Waals surface area contributed by atoms with Crippen LogP contribution in [0.1, 0.15) is 22.7 Å². The van der Waals surface area contributed by atoms with Crippen LogP contribution in [0.2, 0.25) is 0 Å². The lowest BCUT2D eigenvalue weighted by molar-refractivity contribution is -0.117. The molecule has 1 amide bonds. The first-order valence-electron chi connectivity index (χ1n) is 14.2. The number of aliphatic hydroxyl groups excluding tert-OH is 1. The van der Waals surface area contributed by atoms with E-state index in [0.717, 1.165) is 21.9 Å². The Labute approximate surface area is 273 Å². The third kappa shape index (κ3) is 5.94. The van der Waals surface area contributed by atoms with Gasteiger partial charge in [-0.2, -0.15) is 0 Å². The zero-order chi connectivity index (χ0) is 32.2. The van der Waals surface area contributed by atoms with E-state index in [-0.39, 0.29) is 10.7 Å². The summed E-state index contributed by atoms with van der Waals surface area (Å²) >= 11 is 2.70. The summed E-state index contributed by atoms with van der Waals surface area (Å²) in [6, 6.07) is 25.9. The molecule has 5 aromatic rings. The van der Waals surface area contributed by atoms with Gasteiger partial charge in [0.25, 0.3) is 5.91 Å². The van der Waals surface area contributed by atoms with E-state index in [1.165, 1.54) is 55.4 Å². The molecule has 46 heavy (non-hydrogen) atoms. The van der Waals surface area contributed by atoms with Crippen molar-refractivity contribution in [2.24, 2.45) is 0 Å². The van der Waals surface area contributed by atoms with Crippen LogP contribution in [0.15, 0.2) is 107 Å². The number of rotatable bonds is 11. The molecule has 0 aliphatic carbocycles. The maximum Gasteiger partial charge on any atom is 0.296 e. The fourth-order valence-corrected chi connectivity index (χ4v) is 7.24. The lowest BCUT2D eigenvalue weighted by Gasteiger charge is -2.25. The second-order valence-corrected chi connectivity index (χ2v) is 12.4. The van der Waals surface area contributed by atoms with Crippen LogP contribution in [0.4, 0.5) is 5.13 Å². The van der Waals surface area contributed by atoms with Gasteiger partial charge in [-0.1, -0.05) is 102 Å². The van der Waals surface area contributed by atoms with Gasteiger partial charge < -0.3 is 19.3 Å². The number of fused-ring (bicyclic) bond motifs is 1. The number of hydrogen-bond acceptors (Lipinski definition) is 10. The van der Waals surface area contributed by atoms with Crippen LogP contribution in [0, 0.1) is 0 Å². The van der Waals surface area contributed by atoms with Gasteiger partial charge in [0.2, 0.25) is 10.9 Å². The molecule has 232 valence electrons. The van der Waals surface area contributed by atoms with Crippen molar-refractivity contribution < 1.29 is 28.9 Å². The lowest BCUT2D eigenvalue weighted by atomic mass is 9.95. The van der Waals surface area contributed by atoms with Gasteiger partial charge in [-0.25, -0.2) is 0 Å². The highest BCUT2D eigenvalue weighted by molar-refractivity contribution is 8.00. The highest BCUT2D eigenvalue weighted by Gasteiger charge is 2.46. The molecule has 0 radical (unpaired) electrons. The minimum atomic E-state index is -1.06. The zero-order valence-corrected chi connectivity index (χ0v) is 26.8. The molecule has 0 saturated heterocycles. The molecular weight excluding hydrogens is 623 g/mol. The molecule has 1 aliphatic rings. The summed E-state index contributed by atoms with van der Waals surface area (Å²) in [7, 11) is 4.44.